The smallest absolute Gasteiger partial charge is 0.217 e. The second-order valence-electron chi connectivity index (χ2n) is 4.79. The van der Waals surface area contributed by atoms with E-state index in [-0.39, 0.29) is 31.0 Å². The number of nitrogens with two attached hydrogens (primary N) is 1. The summed E-state index contributed by atoms with van der Waals surface area (Å²) in [5.74, 6) is 0.213. The summed E-state index contributed by atoms with van der Waals surface area (Å²) in [7, 11) is 0. The second-order valence-corrected chi connectivity index (χ2v) is 4.79. The van der Waals surface area contributed by atoms with Crippen LogP contribution in [0.25, 0.3) is 5.65 Å². The van der Waals surface area contributed by atoms with Crippen LogP contribution in [-0.4, -0.2) is 27.7 Å². The number of hydrogen-bond donors (Lipinski definition) is 1. The number of aryl methyl sites for hydroxylation is 1. The van der Waals surface area contributed by atoms with Gasteiger partial charge in [-0.25, -0.2) is 4.98 Å². The molecule has 6 nitrogen and oxygen atoms in total. The summed E-state index contributed by atoms with van der Waals surface area (Å²) in [5.41, 5.74) is 6.92. The van der Waals surface area contributed by atoms with E-state index in [2.05, 4.69) is 4.98 Å². The van der Waals surface area contributed by atoms with Gasteiger partial charge in [-0.1, -0.05) is 0 Å². The number of aromatic nitrogens is 2. The number of ether oxygens (including phenoxy) is 1. The summed E-state index contributed by atoms with van der Waals surface area (Å²) >= 11 is 0. The fraction of sp³-hybridized carbons (Fsp3) is 0.400. The number of nitrogens with zero attached hydrogens (tertiary/aromatic N) is 2. The highest BCUT2D eigenvalue weighted by molar-refractivity contribution is 5.96. The third kappa shape index (κ3) is 3.76. The average molecular weight is 326 g/mol. The molecular formula is C15H20ClN3O3. The molecule has 0 radical (unpaired) electrons. The van der Waals surface area contributed by atoms with Gasteiger partial charge in [-0.05, 0) is 32.4 Å². The third-order valence-electron chi connectivity index (χ3n) is 3.18. The molecule has 0 atom stereocenters. The lowest BCUT2D eigenvalue weighted by molar-refractivity contribution is -0.118. The summed E-state index contributed by atoms with van der Waals surface area (Å²) in [4.78, 5) is 27.5. The zero-order valence-electron chi connectivity index (χ0n) is 12.7. The van der Waals surface area contributed by atoms with Crippen LogP contribution in [-0.2, 0) is 4.79 Å². The van der Waals surface area contributed by atoms with Crippen molar-refractivity contribution >= 4 is 29.7 Å². The number of carbonyl (C=O) groups is 2. The number of halogens is 1. The van der Waals surface area contributed by atoms with Crippen LogP contribution in [0.3, 0.4) is 0 Å². The van der Waals surface area contributed by atoms with E-state index in [1.807, 2.05) is 19.1 Å². The largest absolute Gasteiger partial charge is 0.490 e. The highest BCUT2D eigenvalue weighted by Gasteiger charge is 2.18. The standard InChI is InChI=1S/C15H19N3O3.ClH/c1-3-21-12-7-5-9-18-14(10(2)17-15(12)18)11(19)6-4-8-13(16)20;/h5,7,9H,3-4,6,8H2,1-2H3,(H2,16,20);1H. The molecule has 0 saturated heterocycles. The number of fused-ring (bicyclic) bond motifs is 1. The number of Topliss-reactive ketones (excluding diaryl/α,β-unsaturated/α-hetero) is 1. The van der Waals surface area contributed by atoms with Crippen LogP contribution in [0, 0.1) is 6.92 Å². The molecule has 1 amide bonds. The van der Waals surface area contributed by atoms with E-state index in [1.54, 1.807) is 17.5 Å². The van der Waals surface area contributed by atoms with E-state index in [0.29, 0.717) is 35.8 Å². The minimum atomic E-state index is -0.392. The topological polar surface area (TPSA) is 86.7 Å². The highest BCUT2D eigenvalue weighted by atomic mass is 35.5. The first kappa shape index (κ1) is 18.0. The van der Waals surface area contributed by atoms with Crippen molar-refractivity contribution in [1.29, 1.82) is 0 Å². The summed E-state index contributed by atoms with van der Waals surface area (Å²) in [6, 6.07) is 3.64. The number of carbonyl (C=O) groups excluding carboxylic acids is 2. The van der Waals surface area contributed by atoms with Crippen molar-refractivity contribution < 1.29 is 14.3 Å². The van der Waals surface area contributed by atoms with E-state index in [1.165, 1.54) is 0 Å². The number of primary amides is 1. The predicted octanol–water partition coefficient (Wildman–Crippen LogP) is 2.30. The molecule has 2 aromatic heterocycles. The molecule has 0 aliphatic carbocycles. The first-order chi connectivity index (χ1) is 10.0. The number of hydrogen-bond acceptors (Lipinski definition) is 4. The Morgan fingerprint density at radius 1 is 1.36 bits per heavy atom. The molecule has 0 unspecified atom stereocenters. The first-order valence-corrected chi connectivity index (χ1v) is 6.96. The van der Waals surface area contributed by atoms with Crippen LogP contribution in [0.1, 0.15) is 42.4 Å². The van der Waals surface area contributed by atoms with Crippen LogP contribution in [0.4, 0.5) is 0 Å². The predicted molar refractivity (Wildman–Crippen MR) is 85.7 cm³/mol. The lowest BCUT2D eigenvalue weighted by Crippen LogP contribution is -2.12. The van der Waals surface area contributed by atoms with Gasteiger partial charge in [0.25, 0.3) is 0 Å². The molecule has 0 aliphatic rings. The Bertz CT molecular complexity index is 682. The Labute approximate surface area is 135 Å². The maximum absolute atomic E-state index is 12.3. The van der Waals surface area contributed by atoms with Gasteiger partial charge < -0.3 is 10.5 Å². The van der Waals surface area contributed by atoms with E-state index < -0.39 is 5.91 Å². The Morgan fingerprint density at radius 3 is 2.73 bits per heavy atom. The molecule has 0 aliphatic heterocycles. The van der Waals surface area contributed by atoms with Gasteiger partial charge in [0, 0.05) is 19.0 Å². The molecule has 0 bridgehead atoms. The second kappa shape index (κ2) is 7.79. The van der Waals surface area contributed by atoms with E-state index in [4.69, 9.17) is 10.5 Å². The lowest BCUT2D eigenvalue weighted by Gasteiger charge is -2.05. The van der Waals surface area contributed by atoms with Crippen LogP contribution < -0.4 is 10.5 Å². The summed E-state index contributed by atoms with van der Waals surface area (Å²) < 4.78 is 7.27. The molecule has 2 heterocycles. The lowest BCUT2D eigenvalue weighted by atomic mass is 10.1. The average Bonchev–Trinajstić information content (AvgIpc) is 2.75. The van der Waals surface area contributed by atoms with E-state index in [9.17, 15) is 9.59 Å². The van der Waals surface area contributed by atoms with Gasteiger partial charge in [0.05, 0.1) is 12.3 Å². The van der Waals surface area contributed by atoms with Gasteiger partial charge in [-0.2, -0.15) is 0 Å². The third-order valence-corrected chi connectivity index (χ3v) is 3.18. The molecule has 22 heavy (non-hydrogen) atoms. The Morgan fingerprint density at radius 2 is 2.09 bits per heavy atom. The molecule has 2 aromatic rings. The number of imidazole rings is 1. The number of pyridine rings is 1. The number of rotatable bonds is 7. The molecule has 0 aromatic carbocycles. The molecule has 120 valence electrons. The SMILES string of the molecule is CCOc1cccn2c(C(=O)CCCC(N)=O)c(C)nc12.Cl. The Balaban J connectivity index is 0.00000242. The van der Waals surface area contributed by atoms with Gasteiger partial charge in [0.15, 0.2) is 17.2 Å². The minimum absolute atomic E-state index is 0. The van der Waals surface area contributed by atoms with Crippen molar-refractivity contribution in [3.05, 3.63) is 29.7 Å². The van der Waals surface area contributed by atoms with Gasteiger partial charge in [0.1, 0.15) is 5.69 Å². The Hall–Kier alpha value is -2.08. The Kier molecular flexibility index (Phi) is 6.37. The minimum Gasteiger partial charge on any atom is -0.490 e. The molecule has 0 spiro atoms. The van der Waals surface area contributed by atoms with Gasteiger partial charge in [-0.15, -0.1) is 12.4 Å². The molecular weight excluding hydrogens is 306 g/mol. The van der Waals surface area contributed by atoms with Crippen molar-refractivity contribution in [2.75, 3.05) is 6.61 Å². The van der Waals surface area contributed by atoms with Crippen molar-refractivity contribution in [3.63, 3.8) is 0 Å². The molecule has 0 saturated carbocycles. The molecule has 7 heteroatoms. The molecule has 2 rings (SSSR count). The van der Waals surface area contributed by atoms with E-state index in [0.717, 1.165) is 0 Å². The van der Waals surface area contributed by atoms with Crippen molar-refractivity contribution in [3.8, 4) is 5.75 Å². The number of ketones is 1. The molecule has 2 N–H and O–H groups in total. The maximum Gasteiger partial charge on any atom is 0.217 e. The summed E-state index contributed by atoms with van der Waals surface area (Å²) in [5, 5.41) is 0. The number of amides is 1. The first-order valence-electron chi connectivity index (χ1n) is 6.96. The summed E-state index contributed by atoms with van der Waals surface area (Å²) in [6.07, 6.45) is 2.73. The fourth-order valence-corrected chi connectivity index (χ4v) is 2.30. The quantitative estimate of drug-likeness (QED) is 0.791. The molecule has 0 fully saturated rings. The fourth-order valence-electron chi connectivity index (χ4n) is 2.30. The maximum atomic E-state index is 12.3. The normalized spacial score (nSPS) is 10.3. The van der Waals surface area contributed by atoms with Gasteiger partial charge >= 0.3 is 0 Å². The van der Waals surface area contributed by atoms with Crippen LogP contribution >= 0.6 is 12.4 Å². The van der Waals surface area contributed by atoms with Crippen molar-refractivity contribution in [2.24, 2.45) is 5.73 Å². The van der Waals surface area contributed by atoms with E-state index >= 15 is 0 Å². The van der Waals surface area contributed by atoms with Gasteiger partial charge in [0.2, 0.25) is 5.91 Å². The highest BCUT2D eigenvalue weighted by Crippen LogP contribution is 2.23. The van der Waals surface area contributed by atoms with Crippen LogP contribution in [0.15, 0.2) is 18.3 Å². The summed E-state index contributed by atoms with van der Waals surface area (Å²) in [6.45, 7) is 4.23. The van der Waals surface area contributed by atoms with Crippen molar-refractivity contribution in [2.45, 2.75) is 33.1 Å². The monoisotopic (exact) mass is 325 g/mol. The van der Waals surface area contributed by atoms with Crippen LogP contribution in [0.5, 0.6) is 5.75 Å². The van der Waals surface area contributed by atoms with Gasteiger partial charge in [-0.3, -0.25) is 14.0 Å². The van der Waals surface area contributed by atoms with Crippen LogP contribution in [0.2, 0.25) is 0 Å². The zero-order valence-corrected chi connectivity index (χ0v) is 13.5. The zero-order chi connectivity index (χ0) is 15.4. The van der Waals surface area contributed by atoms with Crippen molar-refractivity contribution in [1.82, 2.24) is 9.38 Å².